The Morgan fingerprint density at radius 2 is 2.09 bits per heavy atom. The molecule has 4 rings (SSSR count). The van der Waals surface area contributed by atoms with Crippen molar-refractivity contribution in [2.24, 2.45) is 4.99 Å². The number of amidine groups is 1. The molecular weight excluding hydrogens is 514 g/mol. The molecule has 1 aliphatic heterocycles. The summed E-state index contributed by atoms with van der Waals surface area (Å²) in [4.78, 5) is 34.4. The van der Waals surface area contributed by atoms with Crippen molar-refractivity contribution < 1.29 is 19.1 Å². The second-order valence-corrected chi connectivity index (χ2v) is 9.44. The number of hydrogen-bond donors (Lipinski definition) is 1. The summed E-state index contributed by atoms with van der Waals surface area (Å²) in [6, 6.07) is 15.0. The highest BCUT2D eigenvalue weighted by Crippen LogP contribution is 2.39. The number of thioether (sulfide) groups is 1. The Bertz CT molecular complexity index is 1180. The van der Waals surface area contributed by atoms with Crippen molar-refractivity contribution in [3.63, 3.8) is 0 Å². The lowest BCUT2D eigenvalue weighted by atomic mass is 10.1. The van der Waals surface area contributed by atoms with Crippen molar-refractivity contribution in [3.8, 4) is 17.0 Å². The zero-order valence-corrected chi connectivity index (χ0v) is 20.2. The molecule has 2 amide bonds. The molecular formula is C22H18BrN3O4S2. The average molecular weight is 532 g/mol. The van der Waals surface area contributed by atoms with E-state index in [1.54, 1.807) is 6.26 Å². The predicted molar refractivity (Wildman–Crippen MR) is 129 cm³/mol. The number of rotatable bonds is 3. The van der Waals surface area contributed by atoms with Crippen LogP contribution in [0.15, 0.2) is 58.0 Å². The highest BCUT2D eigenvalue weighted by Gasteiger charge is 2.23. The standard InChI is InChI=1S/C22H18BrN3O4S2/c1-31-21(26-22(28)30-12-13-5-3-2-4-6-13)25-19(27)20-24-18-15-8-7-14(23)11-16(15)29-10-9-17(18)32-20/h2-8,11H,9-10,12H2,1H3,(H,25,26,27,28). The summed E-state index contributed by atoms with van der Waals surface area (Å²) in [7, 11) is 0. The summed E-state index contributed by atoms with van der Waals surface area (Å²) in [6.45, 7) is 0.624. The fraction of sp³-hybridized carbons (Fsp3) is 0.182. The van der Waals surface area contributed by atoms with Gasteiger partial charge in [-0.3, -0.25) is 10.1 Å². The minimum absolute atomic E-state index is 0.124. The molecule has 0 saturated carbocycles. The molecule has 1 aromatic heterocycles. The summed E-state index contributed by atoms with van der Waals surface area (Å²) >= 11 is 5.88. The number of fused-ring (bicyclic) bond motifs is 3. The van der Waals surface area contributed by atoms with Crippen molar-refractivity contribution in [2.75, 3.05) is 12.9 Å². The molecule has 7 nitrogen and oxygen atoms in total. The zero-order valence-electron chi connectivity index (χ0n) is 17.0. The molecule has 32 heavy (non-hydrogen) atoms. The monoisotopic (exact) mass is 531 g/mol. The first-order valence-electron chi connectivity index (χ1n) is 9.60. The lowest BCUT2D eigenvalue weighted by molar-refractivity contribution is 0.100. The van der Waals surface area contributed by atoms with E-state index in [1.807, 2.05) is 48.5 Å². The number of carbonyl (C=O) groups excluding carboxylic acids is 2. The molecule has 0 spiro atoms. The number of hydrogen-bond acceptors (Lipinski definition) is 7. The van der Waals surface area contributed by atoms with Crippen LogP contribution in [0.5, 0.6) is 5.75 Å². The minimum atomic E-state index is -0.679. The van der Waals surface area contributed by atoms with Gasteiger partial charge < -0.3 is 9.47 Å². The topological polar surface area (TPSA) is 89.9 Å². The number of thiazole rings is 1. The minimum Gasteiger partial charge on any atom is -0.492 e. The number of benzene rings is 2. The van der Waals surface area contributed by atoms with Gasteiger partial charge in [-0.2, -0.15) is 4.99 Å². The third kappa shape index (κ3) is 5.37. The third-order valence-corrected chi connectivity index (χ3v) is 6.66. The van der Waals surface area contributed by atoms with Crippen LogP contribution in [0.3, 0.4) is 0 Å². The van der Waals surface area contributed by atoms with Crippen LogP contribution in [-0.2, 0) is 17.8 Å². The van der Waals surface area contributed by atoms with Crippen LogP contribution in [0, 0.1) is 0 Å². The van der Waals surface area contributed by atoms with Gasteiger partial charge in [-0.05, 0) is 30.0 Å². The number of amides is 2. The largest absolute Gasteiger partial charge is 0.492 e. The molecule has 2 heterocycles. The van der Waals surface area contributed by atoms with E-state index in [4.69, 9.17) is 9.47 Å². The molecule has 0 bridgehead atoms. The average Bonchev–Trinajstić information content (AvgIpc) is 3.15. The van der Waals surface area contributed by atoms with Crippen LogP contribution in [0.25, 0.3) is 11.3 Å². The number of halogens is 1. The van der Waals surface area contributed by atoms with Crippen LogP contribution >= 0.6 is 39.0 Å². The first kappa shape index (κ1) is 22.5. The number of alkyl carbamates (subject to hydrolysis) is 1. The van der Waals surface area contributed by atoms with E-state index in [-0.39, 0.29) is 16.8 Å². The lowest BCUT2D eigenvalue weighted by Gasteiger charge is -2.07. The first-order chi connectivity index (χ1) is 15.5. The van der Waals surface area contributed by atoms with Gasteiger partial charge in [0.15, 0.2) is 10.2 Å². The van der Waals surface area contributed by atoms with E-state index >= 15 is 0 Å². The maximum absolute atomic E-state index is 12.8. The molecule has 10 heteroatoms. The van der Waals surface area contributed by atoms with Gasteiger partial charge >= 0.3 is 12.0 Å². The normalized spacial score (nSPS) is 12.8. The maximum atomic E-state index is 12.8. The summed E-state index contributed by atoms with van der Waals surface area (Å²) in [5.41, 5.74) is 2.43. The van der Waals surface area contributed by atoms with E-state index in [2.05, 4.69) is 31.2 Å². The quantitative estimate of drug-likeness (QED) is 0.364. The van der Waals surface area contributed by atoms with Gasteiger partial charge in [-0.15, -0.1) is 11.3 Å². The number of nitrogens with zero attached hydrogens (tertiary/aromatic N) is 2. The van der Waals surface area contributed by atoms with E-state index < -0.39 is 12.0 Å². The Hall–Kier alpha value is -2.69. The van der Waals surface area contributed by atoms with Crippen molar-refractivity contribution in [2.45, 2.75) is 13.0 Å². The van der Waals surface area contributed by atoms with Crippen LogP contribution in [0.1, 0.15) is 20.2 Å². The summed E-state index contributed by atoms with van der Waals surface area (Å²) in [5, 5.41) is 2.92. The summed E-state index contributed by atoms with van der Waals surface area (Å²) in [6.07, 6.45) is 1.68. The molecule has 164 valence electrons. The van der Waals surface area contributed by atoms with Gasteiger partial charge in [-0.25, -0.2) is 9.78 Å². The van der Waals surface area contributed by atoms with Crippen LogP contribution in [0.2, 0.25) is 0 Å². The molecule has 1 N–H and O–H groups in total. The third-order valence-electron chi connectivity index (χ3n) is 4.48. The molecule has 1 aliphatic rings. The molecule has 0 aliphatic carbocycles. The highest BCUT2D eigenvalue weighted by molar-refractivity contribution is 9.10. The number of carbonyl (C=O) groups is 2. The number of aliphatic imine (C=N–C) groups is 1. The van der Waals surface area contributed by atoms with Gasteiger partial charge in [-0.1, -0.05) is 58.0 Å². The Labute approximate surface area is 201 Å². The van der Waals surface area contributed by atoms with Crippen LogP contribution in [-0.4, -0.2) is 35.0 Å². The van der Waals surface area contributed by atoms with Gasteiger partial charge in [0, 0.05) is 21.3 Å². The first-order valence-corrected chi connectivity index (χ1v) is 12.4. The summed E-state index contributed by atoms with van der Waals surface area (Å²) in [5.74, 6) is 0.203. The highest BCUT2D eigenvalue weighted by atomic mass is 79.9. The molecule has 3 aromatic rings. The van der Waals surface area contributed by atoms with E-state index in [1.165, 1.54) is 11.3 Å². The zero-order chi connectivity index (χ0) is 22.5. The Kier molecular flexibility index (Phi) is 7.23. The second kappa shape index (κ2) is 10.3. The van der Waals surface area contributed by atoms with Gasteiger partial charge in [0.25, 0.3) is 0 Å². The van der Waals surface area contributed by atoms with Gasteiger partial charge in [0.1, 0.15) is 12.4 Å². The fourth-order valence-corrected chi connectivity index (χ4v) is 4.64. The molecule has 0 atom stereocenters. The summed E-state index contributed by atoms with van der Waals surface area (Å²) < 4.78 is 11.9. The molecule has 0 radical (unpaired) electrons. The van der Waals surface area contributed by atoms with E-state index in [9.17, 15) is 9.59 Å². The maximum Gasteiger partial charge on any atom is 0.413 e. The fourth-order valence-electron chi connectivity index (χ4n) is 3.00. The Morgan fingerprint density at radius 1 is 1.28 bits per heavy atom. The van der Waals surface area contributed by atoms with Gasteiger partial charge in [0.2, 0.25) is 0 Å². The molecule has 0 fully saturated rings. The lowest BCUT2D eigenvalue weighted by Crippen LogP contribution is -2.29. The molecule has 0 saturated heterocycles. The molecule has 2 aromatic carbocycles. The second-order valence-electron chi connectivity index (χ2n) is 6.64. The number of ether oxygens (including phenoxy) is 2. The number of nitrogens with one attached hydrogen (secondary N) is 1. The van der Waals surface area contributed by atoms with Crippen molar-refractivity contribution in [1.29, 1.82) is 0 Å². The van der Waals surface area contributed by atoms with Crippen molar-refractivity contribution in [3.05, 3.63) is 68.5 Å². The van der Waals surface area contributed by atoms with Crippen LogP contribution < -0.4 is 10.1 Å². The predicted octanol–water partition coefficient (Wildman–Crippen LogP) is 5.29. The van der Waals surface area contributed by atoms with E-state index in [0.29, 0.717) is 13.0 Å². The van der Waals surface area contributed by atoms with Gasteiger partial charge in [0.05, 0.1) is 12.3 Å². The SMILES string of the molecule is CS/C(=N\C(=O)c1nc2c(s1)CCOc1cc(Br)ccc1-2)NC(=O)OCc1ccccc1. The van der Waals surface area contributed by atoms with Crippen LogP contribution in [0.4, 0.5) is 4.79 Å². The van der Waals surface area contributed by atoms with E-state index in [0.717, 1.165) is 43.7 Å². The number of aromatic nitrogens is 1. The Balaban J connectivity index is 1.47. The van der Waals surface area contributed by atoms with Crippen molar-refractivity contribution >= 4 is 56.2 Å². The Morgan fingerprint density at radius 3 is 2.88 bits per heavy atom. The smallest absolute Gasteiger partial charge is 0.413 e. The van der Waals surface area contributed by atoms with Crippen molar-refractivity contribution in [1.82, 2.24) is 10.3 Å². The molecule has 0 unspecified atom stereocenters.